The number of aryl methyl sites for hydroxylation is 4. The van der Waals surface area contributed by atoms with Crippen LogP contribution in [0, 0.1) is 0 Å². The summed E-state index contributed by atoms with van der Waals surface area (Å²) in [7, 11) is -9.04. The standard InChI is InChI=1S/C23H26N6O4S2/c1-3-27-17-22(15-25-27)34(30,31)29(35(32,33)23-16-26-28(4-2)18-23)21-10-7-8-19(14-21)11-12-20-9-5-6-13-24-20/h5-10,13-18H,3-4,11-12H2,1-2H3. The first-order chi connectivity index (χ1) is 16.8. The van der Waals surface area contributed by atoms with Gasteiger partial charge in [-0.05, 0) is 56.5 Å². The summed E-state index contributed by atoms with van der Waals surface area (Å²) in [6.45, 7) is 4.49. The van der Waals surface area contributed by atoms with Gasteiger partial charge in [0.1, 0.15) is 9.79 Å². The third kappa shape index (κ3) is 5.13. The number of hydrogen-bond acceptors (Lipinski definition) is 7. The van der Waals surface area contributed by atoms with Gasteiger partial charge in [0.25, 0.3) is 20.0 Å². The first kappa shape index (κ1) is 24.6. The second-order valence-electron chi connectivity index (χ2n) is 7.76. The molecule has 0 aliphatic carbocycles. The third-order valence-electron chi connectivity index (χ3n) is 5.42. The van der Waals surface area contributed by atoms with E-state index in [1.807, 2.05) is 38.1 Å². The van der Waals surface area contributed by atoms with Gasteiger partial charge in [0, 0.05) is 37.4 Å². The molecular formula is C23H26N6O4S2. The second kappa shape index (κ2) is 10.0. The van der Waals surface area contributed by atoms with Crippen molar-refractivity contribution >= 4 is 25.7 Å². The van der Waals surface area contributed by atoms with E-state index < -0.39 is 20.0 Å². The summed E-state index contributed by atoms with van der Waals surface area (Å²) >= 11 is 0. The van der Waals surface area contributed by atoms with Crippen molar-refractivity contribution in [3.8, 4) is 0 Å². The Balaban J connectivity index is 1.79. The normalized spacial score (nSPS) is 12.1. The molecule has 0 fully saturated rings. The maximum atomic E-state index is 13.7. The highest BCUT2D eigenvalue weighted by molar-refractivity contribution is 8.10. The van der Waals surface area contributed by atoms with Gasteiger partial charge in [0.05, 0.1) is 18.1 Å². The van der Waals surface area contributed by atoms with E-state index in [4.69, 9.17) is 0 Å². The molecule has 0 bridgehead atoms. The van der Waals surface area contributed by atoms with Gasteiger partial charge in [-0.3, -0.25) is 14.3 Å². The highest BCUT2D eigenvalue weighted by Gasteiger charge is 2.38. The fourth-order valence-electron chi connectivity index (χ4n) is 3.54. The van der Waals surface area contributed by atoms with Crippen molar-refractivity contribution in [2.24, 2.45) is 0 Å². The zero-order chi connectivity index (χ0) is 25.1. The molecule has 0 atom stereocenters. The summed E-state index contributed by atoms with van der Waals surface area (Å²) < 4.78 is 58.1. The summed E-state index contributed by atoms with van der Waals surface area (Å²) in [5, 5.41) is 8.04. The molecule has 3 heterocycles. The average Bonchev–Trinajstić information content (AvgIpc) is 3.54. The SMILES string of the molecule is CCn1cc(S(=O)(=O)N(c2cccc(CCc3ccccn3)c2)S(=O)(=O)c2cnn(CC)c2)cn1. The van der Waals surface area contributed by atoms with Crippen LogP contribution >= 0.6 is 0 Å². The van der Waals surface area contributed by atoms with E-state index in [1.165, 1.54) is 27.8 Å². The van der Waals surface area contributed by atoms with E-state index in [-0.39, 0.29) is 15.5 Å². The highest BCUT2D eigenvalue weighted by Crippen LogP contribution is 2.31. The first-order valence-electron chi connectivity index (χ1n) is 11.1. The van der Waals surface area contributed by atoms with E-state index >= 15 is 0 Å². The molecule has 0 aliphatic rings. The molecule has 0 aliphatic heterocycles. The number of hydrogen-bond donors (Lipinski definition) is 0. The van der Waals surface area contributed by atoms with Crippen LogP contribution < -0.4 is 3.71 Å². The van der Waals surface area contributed by atoms with Crippen LogP contribution in [0.15, 0.2) is 83.2 Å². The predicted molar refractivity (Wildman–Crippen MR) is 131 cm³/mol. The van der Waals surface area contributed by atoms with Crippen LogP contribution in [0.4, 0.5) is 5.69 Å². The fourth-order valence-corrected chi connectivity index (χ4v) is 7.13. The number of sulfonamides is 2. The summed E-state index contributed by atoms with van der Waals surface area (Å²) in [4.78, 5) is 3.87. The number of nitrogens with zero attached hydrogens (tertiary/aromatic N) is 6. The highest BCUT2D eigenvalue weighted by atomic mass is 32.3. The van der Waals surface area contributed by atoms with Crippen molar-refractivity contribution < 1.29 is 16.8 Å². The summed E-state index contributed by atoms with van der Waals surface area (Å²) in [5.74, 6) is 0. The van der Waals surface area contributed by atoms with Crippen LogP contribution in [-0.4, -0.2) is 41.4 Å². The van der Waals surface area contributed by atoms with Crippen molar-refractivity contribution in [3.05, 3.63) is 84.7 Å². The van der Waals surface area contributed by atoms with Gasteiger partial charge in [-0.25, -0.2) is 0 Å². The van der Waals surface area contributed by atoms with E-state index in [1.54, 1.807) is 18.3 Å². The van der Waals surface area contributed by atoms with Gasteiger partial charge >= 0.3 is 0 Å². The lowest BCUT2D eigenvalue weighted by Gasteiger charge is -2.23. The maximum absolute atomic E-state index is 13.7. The van der Waals surface area contributed by atoms with Crippen LogP contribution in [0.25, 0.3) is 0 Å². The molecule has 0 radical (unpaired) electrons. The minimum atomic E-state index is -4.52. The first-order valence-corrected chi connectivity index (χ1v) is 14.0. The molecule has 3 aromatic heterocycles. The largest absolute Gasteiger partial charge is 0.280 e. The van der Waals surface area contributed by atoms with Crippen LogP contribution in [0.5, 0.6) is 0 Å². The summed E-state index contributed by atoms with van der Waals surface area (Å²) in [6, 6.07) is 12.1. The molecule has 0 N–H and O–H groups in total. The van der Waals surface area contributed by atoms with Gasteiger partial charge in [0.15, 0.2) is 0 Å². The molecule has 184 valence electrons. The lowest BCUT2D eigenvalue weighted by Crippen LogP contribution is -2.37. The molecule has 0 unspecified atom stereocenters. The maximum Gasteiger partial charge on any atom is 0.280 e. The topological polar surface area (TPSA) is 120 Å². The van der Waals surface area contributed by atoms with E-state index in [0.717, 1.165) is 23.7 Å². The molecule has 1 aromatic carbocycles. The van der Waals surface area contributed by atoms with Gasteiger partial charge in [-0.2, -0.15) is 30.7 Å². The third-order valence-corrected chi connectivity index (χ3v) is 9.50. The van der Waals surface area contributed by atoms with Gasteiger partial charge < -0.3 is 0 Å². The van der Waals surface area contributed by atoms with Crippen LogP contribution in [0.2, 0.25) is 0 Å². The molecule has 0 amide bonds. The fraction of sp³-hybridized carbons (Fsp3) is 0.261. The molecule has 10 nitrogen and oxygen atoms in total. The molecule has 4 rings (SSSR count). The number of aromatic nitrogens is 5. The summed E-state index contributed by atoms with van der Waals surface area (Å²) in [5.41, 5.74) is 1.67. The monoisotopic (exact) mass is 514 g/mol. The average molecular weight is 515 g/mol. The Bertz CT molecular complexity index is 1440. The van der Waals surface area contributed by atoms with Crippen molar-refractivity contribution in [3.63, 3.8) is 0 Å². The van der Waals surface area contributed by atoms with Crippen LogP contribution in [0.1, 0.15) is 25.1 Å². The van der Waals surface area contributed by atoms with Crippen molar-refractivity contribution in [1.82, 2.24) is 24.5 Å². The Kier molecular flexibility index (Phi) is 7.03. The number of rotatable bonds is 10. The van der Waals surface area contributed by atoms with Crippen LogP contribution in [-0.2, 0) is 46.0 Å². The second-order valence-corrected chi connectivity index (χ2v) is 11.6. The molecule has 4 aromatic rings. The molecule has 0 saturated heterocycles. The molecule has 12 heteroatoms. The zero-order valence-electron chi connectivity index (χ0n) is 19.4. The van der Waals surface area contributed by atoms with Crippen molar-refractivity contribution in [2.45, 2.75) is 49.6 Å². The smallest absolute Gasteiger partial charge is 0.272 e. The quantitative estimate of drug-likeness (QED) is 0.319. The Hall–Kier alpha value is -3.51. The van der Waals surface area contributed by atoms with Gasteiger partial charge in [-0.15, -0.1) is 0 Å². The van der Waals surface area contributed by atoms with Gasteiger partial charge in [0.2, 0.25) is 0 Å². The Morgan fingerprint density at radius 1 is 0.800 bits per heavy atom. The minimum absolute atomic E-state index is 0.0111. The molecule has 35 heavy (non-hydrogen) atoms. The minimum Gasteiger partial charge on any atom is -0.272 e. The molecule has 0 spiro atoms. The Labute approximate surface area is 205 Å². The predicted octanol–water partition coefficient (Wildman–Crippen LogP) is 2.88. The number of pyridine rings is 1. The van der Waals surface area contributed by atoms with Crippen molar-refractivity contribution in [1.29, 1.82) is 0 Å². The number of anilines is 1. The Morgan fingerprint density at radius 2 is 1.43 bits per heavy atom. The van der Waals surface area contributed by atoms with Crippen molar-refractivity contribution in [2.75, 3.05) is 3.71 Å². The van der Waals surface area contributed by atoms with Crippen LogP contribution in [0.3, 0.4) is 0 Å². The summed E-state index contributed by atoms with van der Waals surface area (Å²) in [6.07, 6.45) is 7.83. The molecule has 0 saturated carbocycles. The van der Waals surface area contributed by atoms with E-state index in [0.29, 0.717) is 29.6 Å². The van der Waals surface area contributed by atoms with Gasteiger partial charge in [-0.1, -0.05) is 18.2 Å². The molecular weight excluding hydrogens is 488 g/mol. The Morgan fingerprint density at radius 3 is 1.94 bits per heavy atom. The lowest BCUT2D eigenvalue weighted by molar-refractivity contribution is 0.583. The van der Waals surface area contributed by atoms with E-state index in [2.05, 4.69) is 15.2 Å². The lowest BCUT2D eigenvalue weighted by atomic mass is 10.1. The number of benzene rings is 1. The van der Waals surface area contributed by atoms with E-state index in [9.17, 15) is 16.8 Å². The zero-order valence-corrected chi connectivity index (χ0v) is 21.0.